The molecule has 0 bridgehead atoms. The van der Waals surface area contributed by atoms with E-state index in [1.165, 1.54) is 19.3 Å². The molecule has 3 N–H and O–H groups in total. The summed E-state index contributed by atoms with van der Waals surface area (Å²) < 4.78 is 0. The Bertz CT molecular complexity index is 482. The standard InChI is InChI=1S/C15H21N3O2/c16-15(20)12-6-2-3-7-13(12)17-14(19)8-11-18-9-4-1-5-10-18/h2-3,6-7H,1,4-5,8-11H2,(H2,16,20)(H,17,19). The molecule has 5 nitrogen and oxygen atoms in total. The zero-order valence-electron chi connectivity index (χ0n) is 11.6. The highest BCUT2D eigenvalue weighted by atomic mass is 16.2. The van der Waals surface area contributed by atoms with E-state index in [9.17, 15) is 9.59 Å². The number of hydrogen-bond acceptors (Lipinski definition) is 3. The Balaban J connectivity index is 1.86. The van der Waals surface area contributed by atoms with E-state index in [0.29, 0.717) is 17.7 Å². The normalized spacial score (nSPS) is 15.8. The quantitative estimate of drug-likeness (QED) is 0.857. The molecule has 2 amide bonds. The van der Waals surface area contributed by atoms with Gasteiger partial charge in [0.15, 0.2) is 0 Å². The number of anilines is 1. The van der Waals surface area contributed by atoms with Gasteiger partial charge in [-0.15, -0.1) is 0 Å². The van der Waals surface area contributed by atoms with Gasteiger partial charge in [-0.1, -0.05) is 18.6 Å². The van der Waals surface area contributed by atoms with E-state index in [1.54, 1.807) is 24.3 Å². The van der Waals surface area contributed by atoms with E-state index in [2.05, 4.69) is 10.2 Å². The van der Waals surface area contributed by atoms with Crippen molar-refractivity contribution in [3.63, 3.8) is 0 Å². The number of carbonyl (C=O) groups is 2. The van der Waals surface area contributed by atoms with Gasteiger partial charge < -0.3 is 16.0 Å². The van der Waals surface area contributed by atoms with Crippen molar-refractivity contribution >= 4 is 17.5 Å². The van der Waals surface area contributed by atoms with Crippen molar-refractivity contribution in [1.29, 1.82) is 0 Å². The number of piperidine rings is 1. The number of benzene rings is 1. The first-order chi connectivity index (χ1) is 9.66. The Labute approximate surface area is 119 Å². The van der Waals surface area contributed by atoms with Crippen LogP contribution in [-0.4, -0.2) is 36.3 Å². The third-order valence-corrected chi connectivity index (χ3v) is 3.57. The van der Waals surface area contributed by atoms with Gasteiger partial charge in [-0.2, -0.15) is 0 Å². The number of carbonyl (C=O) groups excluding carboxylic acids is 2. The molecule has 0 spiro atoms. The number of nitrogens with one attached hydrogen (secondary N) is 1. The SMILES string of the molecule is NC(=O)c1ccccc1NC(=O)CCN1CCCCC1. The molecule has 1 aliphatic rings. The van der Waals surface area contributed by atoms with Gasteiger partial charge in [-0.05, 0) is 38.1 Å². The van der Waals surface area contributed by atoms with Crippen LogP contribution in [0.4, 0.5) is 5.69 Å². The van der Waals surface area contributed by atoms with Gasteiger partial charge in [0.05, 0.1) is 11.3 Å². The molecule has 1 saturated heterocycles. The molecular formula is C15H21N3O2. The first kappa shape index (κ1) is 14.5. The van der Waals surface area contributed by atoms with Crippen LogP contribution in [0, 0.1) is 0 Å². The van der Waals surface area contributed by atoms with Gasteiger partial charge in [-0.3, -0.25) is 9.59 Å². The van der Waals surface area contributed by atoms with Gasteiger partial charge in [0.25, 0.3) is 5.91 Å². The largest absolute Gasteiger partial charge is 0.366 e. The van der Waals surface area contributed by atoms with Crippen LogP contribution in [-0.2, 0) is 4.79 Å². The molecule has 0 atom stereocenters. The lowest BCUT2D eigenvalue weighted by atomic mass is 10.1. The first-order valence-electron chi connectivity index (χ1n) is 7.08. The Hall–Kier alpha value is -1.88. The third kappa shape index (κ3) is 4.06. The van der Waals surface area contributed by atoms with Crippen LogP contribution in [0.15, 0.2) is 24.3 Å². The number of likely N-dealkylation sites (tertiary alicyclic amines) is 1. The van der Waals surface area contributed by atoms with E-state index in [-0.39, 0.29) is 5.91 Å². The lowest BCUT2D eigenvalue weighted by Gasteiger charge is -2.26. The van der Waals surface area contributed by atoms with Crippen LogP contribution in [0.1, 0.15) is 36.0 Å². The summed E-state index contributed by atoms with van der Waals surface area (Å²) in [7, 11) is 0. The van der Waals surface area contributed by atoms with Crippen LogP contribution in [0.2, 0.25) is 0 Å². The molecule has 1 aliphatic heterocycles. The monoisotopic (exact) mass is 275 g/mol. The maximum Gasteiger partial charge on any atom is 0.250 e. The Morgan fingerprint density at radius 3 is 2.55 bits per heavy atom. The topological polar surface area (TPSA) is 75.4 Å². The van der Waals surface area contributed by atoms with Crippen molar-refractivity contribution in [2.45, 2.75) is 25.7 Å². The Kier molecular flexibility index (Phi) is 5.12. The van der Waals surface area contributed by atoms with E-state index in [1.807, 2.05) is 0 Å². The van der Waals surface area contributed by atoms with Gasteiger partial charge in [0.2, 0.25) is 5.91 Å². The molecule has 108 valence electrons. The molecular weight excluding hydrogens is 254 g/mol. The summed E-state index contributed by atoms with van der Waals surface area (Å²) in [5, 5.41) is 2.77. The number of amides is 2. The van der Waals surface area contributed by atoms with Gasteiger partial charge >= 0.3 is 0 Å². The summed E-state index contributed by atoms with van der Waals surface area (Å²) in [6.07, 6.45) is 4.15. The molecule has 1 heterocycles. The minimum absolute atomic E-state index is 0.0794. The molecule has 0 aromatic heterocycles. The predicted octanol–water partition coefficient (Wildman–Crippen LogP) is 1.60. The van der Waals surface area contributed by atoms with Crippen LogP contribution in [0.3, 0.4) is 0 Å². The van der Waals surface area contributed by atoms with E-state index < -0.39 is 5.91 Å². The lowest BCUT2D eigenvalue weighted by molar-refractivity contribution is -0.116. The van der Waals surface area contributed by atoms with Gasteiger partial charge in [0.1, 0.15) is 0 Å². The summed E-state index contributed by atoms with van der Waals surface area (Å²) in [4.78, 5) is 25.5. The molecule has 20 heavy (non-hydrogen) atoms. The zero-order chi connectivity index (χ0) is 14.4. The average Bonchev–Trinajstić information content (AvgIpc) is 2.46. The summed E-state index contributed by atoms with van der Waals surface area (Å²) in [5.74, 6) is -0.610. The van der Waals surface area contributed by atoms with Crippen molar-refractivity contribution in [1.82, 2.24) is 4.90 Å². The highest BCUT2D eigenvalue weighted by molar-refractivity contribution is 6.02. The number of hydrogen-bond donors (Lipinski definition) is 2. The van der Waals surface area contributed by atoms with Crippen molar-refractivity contribution in [3.05, 3.63) is 29.8 Å². The second-order valence-electron chi connectivity index (χ2n) is 5.11. The van der Waals surface area contributed by atoms with Crippen LogP contribution in [0.25, 0.3) is 0 Å². The minimum atomic E-state index is -0.531. The highest BCUT2D eigenvalue weighted by Gasteiger charge is 2.13. The molecule has 1 aromatic rings. The summed E-state index contributed by atoms with van der Waals surface area (Å²) >= 11 is 0. The molecule has 0 aliphatic carbocycles. The molecule has 2 rings (SSSR count). The van der Waals surface area contributed by atoms with Crippen LogP contribution in [0.5, 0.6) is 0 Å². The molecule has 0 saturated carbocycles. The smallest absolute Gasteiger partial charge is 0.250 e. The number of para-hydroxylation sites is 1. The fraction of sp³-hybridized carbons (Fsp3) is 0.467. The third-order valence-electron chi connectivity index (χ3n) is 3.57. The van der Waals surface area contributed by atoms with E-state index in [4.69, 9.17) is 5.73 Å². The summed E-state index contributed by atoms with van der Waals surface area (Å²) in [6.45, 7) is 2.92. The second-order valence-corrected chi connectivity index (χ2v) is 5.11. The highest BCUT2D eigenvalue weighted by Crippen LogP contribution is 2.15. The van der Waals surface area contributed by atoms with Gasteiger partial charge in [0, 0.05) is 13.0 Å². The van der Waals surface area contributed by atoms with Crippen molar-refractivity contribution in [2.75, 3.05) is 25.0 Å². The predicted molar refractivity (Wildman–Crippen MR) is 78.5 cm³/mol. The summed E-state index contributed by atoms with van der Waals surface area (Å²) in [5.41, 5.74) is 6.12. The fourth-order valence-electron chi connectivity index (χ4n) is 2.46. The summed E-state index contributed by atoms with van der Waals surface area (Å²) in [6, 6.07) is 6.80. The number of primary amides is 1. The number of rotatable bonds is 5. The average molecular weight is 275 g/mol. The molecule has 0 radical (unpaired) electrons. The Morgan fingerprint density at radius 1 is 1.15 bits per heavy atom. The van der Waals surface area contributed by atoms with Crippen molar-refractivity contribution in [3.8, 4) is 0 Å². The van der Waals surface area contributed by atoms with Gasteiger partial charge in [-0.25, -0.2) is 0 Å². The fourth-order valence-corrected chi connectivity index (χ4v) is 2.46. The zero-order valence-corrected chi connectivity index (χ0v) is 11.6. The first-order valence-corrected chi connectivity index (χ1v) is 7.08. The number of nitrogens with two attached hydrogens (primary N) is 1. The lowest BCUT2D eigenvalue weighted by Crippen LogP contribution is -2.32. The minimum Gasteiger partial charge on any atom is -0.366 e. The maximum atomic E-state index is 11.9. The maximum absolute atomic E-state index is 11.9. The van der Waals surface area contributed by atoms with Crippen molar-refractivity contribution in [2.24, 2.45) is 5.73 Å². The van der Waals surface area contributed by atoms with Crippen LogP contribution >= 0.6 is 0 Å². The van der Waals surface area contributed by atoms with E-state index >= 15 is 0 Å². The molecule has 5 heteroatoms. The van der Waals surface area contributed by atoms with Crippen molar-refractivity contribution < 1.29 is 9.59 Å². The Morgan fingerprint density at radius 2 is 1.85 bits per heavy atom. The number of nitrogens with zero attached hydrogens (tertiary/aromatic N) is 1. The van der Waals surface area contributed by atoms with Crippen LogP contribution < -0.4 is 11.1 Å². The van der Waals surface area contributed by atoms with E-state index in [0.717, 1.165) is 19.6 Å². The molecule has 1 fully saturated rings. The molecule has 1 aromatic carbocycles. The molecule has 0 unspecified atom stereocenters. The second kappa shape index (κ2) is 7.05.